The molecule has 4 aromatic carbocycles. The first-order valence-electron chi connectivity index (χ1n) is 12.1. The topological polar surface area (TPSA) is 105 Å². The van der Waals surface area contributed by atoms with Crippen molar-refractivity contribution in [3.63, 3.8) is 0 Å². The number of allylic oxidation sites excluding steroid dienone is 1. The van der Waals surface area contributed by atoms with Crippen molar-refractivity contribution in [2.24, 2.45) is 0 Å². The number of aromatic amines is 1. The Morgan fingerprint density at radius 1 is 0.947 bits per heavy atom. The monoisotopic (exact) mass is 506 g/mol. The number of hydrogen-bond donors (Lipinski definition) is 3. The molecule has 38 heavy (non-hydrogen) atoms. The van der Waals surface area contributed by atoms with Crippen LogP contribution in [0.15, 0.2) is 95.9 Å². The maximum absolute atomic E-state index is 13.0. The molecule has 0 amide bonds. The third kappa shape index (κ3) is 4.93. The van der Waals surface area contributed by atoms with Crippen LogP contribution in [0.2, 0.25) is 0 Å². The number of nitrogens with one attached hydrogen (secondary N) is 1. The van der Waals surface area contributed by atoms with Gasteiger partial charge in [0.25, 0.3) is 0 Å². The minimum absolute atomic E-state index is 0.249. The van der Waals surface area contributed by atoms with Gasteiger partial charge in [-0.3, -0.25) is 9.36 Å². The summed E-state index contributed by atoms with van der Waals surface area (Å²) in [6.07, 6.45) is 4.78. The molecule has 7 nitrogen and oxygen atoms in total. The number of aromatic nitrogens is 2. The number of benzene rings is 4. The number of fused-ring (bicyclic) bond motifs is 1. The van der Waals surface area contributed by atoms with E-state index in [2.05, 4.69) is 4.98 Å². The average Bonchev–Trinajstić information content (AvgIpc) is 3.36. The van der Waals surface area contributed by atoms with E-state index in [1.807, 2.05) is 42.5 Å². The van der Waals surface area contributed by atoms with Crippen LogP contribution in [-0.2, 0) is 13.2 Å². The third-order valence-corrected chi connectivity index (χ3v) is 6.49. The van der Waals surface area contributed by atoms with E-state index in [-0.39, 0.29) is 24.7 Å². The molecule has 0 radical (unpaired) electrons. The van der Waals surface area contributed by atoms with Crippen LogP contribution in [-0.4, -0.2) is 32.7 Å². The highest BCUT2D eigenvalue weighted by Crippen LogP contribution is 2.26. The summed E-state index contributed by atoms with van der Waals surface area (Å²) in [7, 11) is 1.48. The molecule has 5 aromatic rings. The lowest BCUT2D eigenvalue weighted by Crippen LogP contribution is -2.14. The van der Waals surface area contributed by atoms with Gasteiger partial charge in [-0.05, 0) is 58.3 Å². The minimum Gasteiger partial charge on any atom is -0.496 e. The van der Waals surface area contributed by atoms with Crippen molar-refractivity contribution < 1.29 is 19.7 Å². The molecule has 0 unspecified atom stereocenters. The fourth-order valence-electron chi connectivity index (χ4n) is 4.49. The van der Waals surface area contributed by atoms with Gasteiger partial charge in [0.15, 0.2) is 5.78 Å². The average molecular weight is 507 g/mol. The number of carbonyl (C=O) groups excluding carboxylic acids is 1. The molecule has 0 aliphatic heterocycles. The van der Waals surface area contributed by atoms with Crippen LogP contribution in [0.5, 0.6) is 5.75 Å². The van der Waals surface area contributed by atoms with E-state index in [0.29, 0.717) is 39.4 Å². The van der Waals surface area contributed by atoms with Gasteiger partial charge in [0.05, 0.1) is 31.7 Å². The fraction of sp³-hybridized carbons (Fsp3) is 0.0968. The van der Waals surface area contributed by atoms with Crippen molar-refractivity contribution >= 4 is 22.6 Å². The Morgan fingerprint density at radius 3 is 2.53 bits per heavy atom. The molecule has 3 N–H and O–H groups in total. The zero-order valence-corrected chi connectivity index (χ0v) is 20.7. The molecule has 0 saturated heterocycles. The van der Waals surface area contributed by atoms with Gasteiger partial charge in [-0.2, -0.15) is 0 Å². The lowest BCUT2D eigenvalue weighted by molar-refractivity contribution is 0.104. The van der Waals surface area contributed by atoms with Gasteiger partial charge in [-0.1, -0.05) is 54.6 Å². The van der Waals surface area contributed by atoms with Crippen molar-refractivity contribution in [3.05, 3.63) is 124 Å². The third-order valence-electron chi connectivity index (χ3n) is 6.49. The molecule has 0 spiro atoms. The van der Waals surface area contributed by atoms with Gasteiger partial charge in [0.1, 0.15) is 5.75 Å². The number of ketones is 1. The molecule has 0 saturated carbocycles. The molecule has 1 heterocycles. The summed E-state index contributed by atoms with van der Waals surface area (Å²) in [5.41, 5.74) is 3.92. The number of aliphatic hydroxyl groups is 2. The van der Waals surface area contributed by atoms with Crippen LogP contribution in [0.3, 0.4) is 0 Å². The number of H-pyrrole nitrogens is 1. The first-order chi connectivity index (χ1) is 18.5. The second-order valence-electron chi connectivity index (χ2n) is 8.83. The summed E-state index contributed by atoms with van der Waals surface area (Å²) < 4.78 is 6.80. The van der Waals surface area contributed by atoms with E-state index in [4.69, 9.17) is 4.74 Å². The molecule has 7 heteroatoms. The van der Waals surface area contributed by atoms with Gasteiger partial charge in [-0.25, -0.2) is 4.79 Å². The molecule has 0 atom stereocenters. The van der Waals surface area contributed by atoms with Crippen LogP contribution in [0.1, 0.15) is 27.0 Å². The van der Waals surface area contributed by atoms with Gasteiger partial charge in [-0.15, -0.1) is 0 Å². The predicted molar refractivity (Wildman–Crippen MR) is 148 cm³/mol. The Labute approximate surface area is 218 Å². The number of methoxy groups -OCH3 is 1. The quantitative estimate of drug-likeness (QED) is 0.206. The smallest absolute Gasteiger partial charge is 0.330 e. The van der Waals surface area contributed by atoms with Crippen molar-refractivity contribution in [1.29, 1.82) is 0 Å². The summed E-state index contributed by atoms with van der Waals surface area (Å²) >= 11 is 0. The van der Waals surface area contributed by atoms with Gasteiger partial charge in [0, 0.05) is 22.9 Å². The summed E-state index contributed by atoms with van der Waals surface area (Å²) in [4.78, 5) is 28.7. The molecule has 1 aromatic heterocycles. The summed E-state index contributed by atoms with van der Waals surface area (Å²) in [6.45, 7) is -0.535. The van der Waals surface area contributed by atoms with E-state index in [9.17, 15) is 19.8 Å². The number of imidazole rings is 1. The SMILES string of the molecule is COc1cc(C=CC(=O)c2cccc(-n3cc(-c4ccc5ccccc5c4)[nH]c3=O)c2)cc(CO)c1CO. The maximum Gasteiger partial charge on any atom is 0.330 e. The summed E-state index contributed by atoms with van der Waals surface area (Å²) in [5, 5.41) is 21.4. The van der Waals surface area contributed by atoms with Gasteiger partial charge >= 0.3 is 5.69 Å². The van der Waals surface area contributed by atoms with E-state index in [0.717, 1.165) is 16.3 Å². The number of ether oxygens (including phenoxy) is 1. The second kappa shape index (κ2) is 10.7. The van der Waals surface area contributed by atoms with Crippen molar-refractivity contribution in [2.45, 2.75) is 13.2 Å². The lowest BCUT2D eigenvalue weighted by Gasteiger charge is -2.12. The number of rotatable bonds is 8. The summed E-state index contributed by atoms with van der Waals surface area (Å²) in [6, 6.07) is 24.3. The van der Waals surface area contributed by atoms with E-state index in [1.165, 1.54) is 17.8 Å². The van der Waals surface area contributed by atoms with Crippen LogP contribution < -0.4 is 10.4 Å². The number of hydrogen-bond acceptors (Lipinski definition) is 5. The number of nitrogens with zero attached hydrogens (tertiary/aromatic N) is 1. The predicted octanol–water partition coefficient (Wildman–Crippen LogP) is 4.88. The molecule has 0 aliphatic carbocycles. The Hall–Kier alpha value is -4.72. The molecule has 190 valence electrons. The zero-order valence-electron chi connectivity index (χ0n) is 20.7. The lowest BCUT2D eigenvalue weighted by atomic mass is 10.0. The molecule has 0 bridgehead atoms. The van der Waals surface area contributed by atoms with Crippen molar-refractivity contribution in [2.75, 3.05) is 7.11 Å². The first kappa shape index (κ1) is 25.0. The fourth-order valence-corrected chi connectivity index (χ4v) is 4.49. The normalized spacial score (nSPS) is 11.3. The van der Waals surface area contributed by atoms with E-state index < -0.39 is 0 Å². The first-order valence-corrected chi connectivity index (χ1v) is 12.1. The molecular weight excluding hydrogens is 480 g/mol. The highest BCUT2D eigenvalue weighted by Gasteiger charge is 2.12. The minimum atomic E-state index is -0.305. The zero-order chi connectivity index (χ0) is 26.6. The Bertz CT molecular complexity index is 1700. The maximum atomic E-state index is 13.0. The highest BCUT2D eigenvalue weighted by atomic mass is 16.5. The Kier molecular flexibility index (Phi) is 7.04. The van der Waals surface area contributed by atoms with Crippen molar-refractivity contribution in [3.8, 4) is 22.7 Å². The van der Waals surface area contributed by atoms with E-state index in [1.54, 1.807) is 48.7 Å². The molecule has 0 aliphatic rings. The highest BCUT2D eigenvalue weighted by molar-refractivity contribution is 6.07. The standard InChI is InChI=1S/C31H26N2O5/c1-38-30-14-20(13-25(18-34)27(30)19-35)9-12-29(36)24-7-4-8-26(16-24)33-17-28(32-31(33)37)23-11-10-21-5-2-3-6-22(21)15-23/h2-17,34-35H,18-19H2,1H3,(H,32,37). The van der Waals surface area contributed by atoms with Crippen LogP contribution in [0, 0.1) is 0 Å². The second-order valence-corrected chi connectivity index (χ2v) is 8.83. The van der Waals surface area contributed by atoms with Crippen molar-refractivity contribution in [1.82, 2.24) is 9.55 Å². The number of carbonyl (C=O) groups is 1. The van der Waals surface area contributed by atoms with Crippen LogP contribution in [0.4, 0.5) is 0 Å². The molecular formula is C31H26N2O5. The van der Waals surface area contributed by atoms with Gasteiger partial charge < -0.3 is 19.9 Å². The summed E-state index contributed by atoms with van der Waals surface area (Å²) in [5.74, 6) is 0.183. The van der Waals surface area contributed by atoms with E-state index >= 15 is 0 Å². The number of aliphatic hydroxyl groups excluding tert-OH is 2. The Morgan fingerprint density at radius 2 is 1.76 bits per heavy atom. The van der Waals surface area contributed by atoms with Gasteiger partial charge in [0.2, 0.25) is 0 Å². The van der Waals surface area contributed by atoms with Crippen LogP contribution in [0.25, 0.3) is 33.8 Å². The molecule has 0 fully saturated rings. The van der Waals surface area contributed by atoms with Crippen LogP contribution >= 0.6 is 0 Å². The Balaban J connectivity index is 1.42. The molecule has 5 rings (SSSR count). The largest absolute Gasteiger partial charge is 0.496 e.